The zero-order chi connectivity index (χ0) is 12.2. The van der Waals surface area contributed by atoms with Gasteiger partial charge in [-0.1, -0.05) is 20.8 Å². The van der Waals surface area contributed by atoms with Crippen LogP contribution in [0.2, 0.25) is 0 Å². The minimum Gasteiger partial charge on any atom is -0.248 e. The van der Waals surface area contributed by atoms with Gasteiger partial charge in [-0.25, -0.2) is 15.0 Å². The molecule has 0 amide bonds. The molecule has 2 aliphatic rings. The van der Waals surface area contributed by atoms with Crippen molar-refractivity contribution < 1.29 is 4.58 Å². The van der Waals surface area contributed by atoms with Crippen LogP contribution in [0.15, 0.2) is 6.20 Å². The van der Waals surface area contributed by atoms with Crippen molar-refractivity contribution in [2.75, 3.05) is 18.6 Å². The molecule has 1 unspecified atom stereocenters. The van der Waals surface area contributed by atoms with E-state index in [-0.39, 0.29) is 5.41 Å². The van der Waals surface area contributed by atoms with E-state index in [1.807, 2.05) is 0 Å². The Labute approximate surface area is 102 Å². The van der Waals surface area contributed by atoms with Gasteiger partial charge >= 0.3 is 5.95 Å². The van der Waals surface area contributed by atoms with E-state index in [1.54, 1.807) is 0 Å². The Morgan fingerprint density at radius 2 is 2.24 bits per heavy atom. The van der Waals surface area contributed by atoms with Gasteiger partial charge in [-0.05, 0) is 0 Å². The van der Waals surface area contributed by atoms with Gasteiger partial charge in [0, 0.05) is 18.4 Å². The summed E-state index contributed by atoms with van der Waals surface area (Å²) in [6, 6.07) is 0. The molecule has 1 saturated heterocycles. The summed E-state index contributed by atoms with van der Waals surface area (Å²) in [5.74, 6) is 1.01. The van der Waals surface area contributed by atoms with Crippen molar-refractivity contribution in [3.05, 3.63) is 11.9 Å². The minimum atomic E-state index is 0.0893. The topological polar surface area (TPSA) is 36.1 Å². The third kappa shape index (κ3) is 1.57. The van der Waals surface area contributed by atoms with Crippen molar-refractivity contribution in [3.8, 4) is 0 Å². The lowest BCUT2D eigenvalue weighted by Crippen LogP contribution is -2.48. The van der Waals surface area contributed by atoms with Crippen LogP contribution in [-0.4, -0.2) is 40.2 Å². The average molecular weight is 234 g/mol. The molecule has 0 bridgehead atoms. The van der Waals surface area contributed by atoms with E-state index in [4.69, 9.17) is 4.98 Å². The van der Waals surface area contributed by atoms with Crippen LogP contribution in [-0.2, 0) is 5.41 Å². The molecule has 1 fully saturated rings. The zero-order valence-electron chi connectivity index (χ0n) is 10.9. The van der Waals surface area contributed by atoms with Crippen LogP contribution in [0.5, 0.6) is 0 Å². The van der Waals surface area contributed by atoms with E-state index < -0.39 is 0 Å². The first kappa shape index (κ1) is 10.8. The number of hydrogen-bond donors (Lipinski definition) is 1. The molecule has 2 aliphatic heterocycles. The van der Waals surface area contributed by atoms with Crippen molar-refractivity contribution in [1.29, 1.82) is 0 Å². The van der Waals surface area contributed by atoms with Gasteiger partial charge < -0.3 is 0 Å². The van der Waals surface area contributed by atoms with E-state index in [1.165, 1.54) is 0 Å². The summed E-state index contributed by atoms with van der Waals surface area (Å²) in [6.07, 6.45) is 5.79. The summed E-state index contributed by atoms with van der Waals surface area (Å²) >= 11 is 0. The van der Waals surface area contributed by atoms with Crippen molar-refractivity contribution in [3.63, 3.8) is 0 Å². The fraction of sp³-hybridized carbons (Fsp3) is 0.667. The monoisotopic (exact) mass is 234 g/mol. The number of imidazole rings is 1. The normalized spacial score (nSPS) is 23.4. The molecule has 0 aliphatic carbocycles. The molecular formula is C12H20N5+. The van der Waals surface area contributed by atoms with Crippen molar-refractivity contribution in [2.45, 2.75) is 38.8 Å². The second-order valence-corrected chi connectivity index (χ2v) is 5.91. The van der Waals surface area contributed by atoms with Crippen molar-refractivity contribution in [1.82, 2.24) is 15.0 Å². The van der Waals surface area contributed by atoms with Crippen LogP contribution >= 0.6 is 0 Å². The first-order valence-electron chi connectivity index (χ1n) is 6.16. The molecule has 17 heavy (non-hydrogen) atoms. The summed E-state index contributed by atoms with van der Waals surface area (Å²) in [4.78, 5) is 4.77. The quantitative estimate of drug-likeness (QED) is 0.673. The number of rotatable bonds is 0. The summed E-state index contributed by atoms with van der Waals surface area (Å²) in [6.45, 7) is 7.60. The maximum atomic E-state index is 4.77. The lowest BCUT2D eigenvalue weighted by molar-refractivity contribution is -0.535. The molecule has 0 radical (unpaired) electrons. The number of hydrazine groups is 1. The Morgan fingerprint density at radius 1 is 1.47 bits per heavy atom. The molecule has 5 nitrogen and oxygen atoms in total. The van der Waals surface area contributed by atoms with Gasteiger partial charge in [-0.2, -0.15) is 9.55 Å². The second kappa shape index (κ2) is 3.32. The van der Waals surface area contributed by atoms with Gasteiger partial charge in [0.1, 0.15) is 6.20 Å². The van der Waals surface area contributed by atoms with Gasteiger partial charge in [0.25, 0.3) is 0 Å². The Kier molecular flexibility index (Phi) is 2.10. The summed E-state index contributed by atoms with van der Waals surface area (Å²) in [7, 11) is 2.12. The van der Waals surface area contributed by atoms with Crippen LogP contribution in [0.4, 0.5) is 5.95 Å². The van der Waals surface area contributed by atoms with E-state index in [2.05, 4.69) is 59.9 Å². The Hall–Kier alpha value is -1.36. The van der Waals surface area contributed by atoms with E-state index in [0.717, 1.165) is 24.6 Å². The molecule has 5 heteroatoms. The van der Waals surface area contributed by atoms with E-state index in [9.17, 15) is 0 Å². The summed E-state index contributed by atoms with van der Waals surface area (Å²) < 4.78 is 4.34. The summed E-state index contributed by atoms with van der Waals surface area (Å²) in [5, 5.41) is 2.18. The predicted molar refractivity (Wildman–Crippen MR) is 67.5 cm³/mol. The first-order valence-corrected chi connectivity index (χ1v) is 6.16. The van der Waals surface area contributed by atoms with Crippen LogP contribution in [0.3, 0.4) is 0 Å². The van der Waals surface area contributed by atoms with Crippen LogP contribution < -0.4 is 10.4 Å². The molecule has 3 rings (SSSR count). The highest BCUT2D eigenvalue weighted by molar-refractivity contribution is 5.62. The standard InChI is InChI=1S/C12H20N5/c1-12(2,3)9-7-16-8-15(4)10-5-6-13-17(10)11(16)14-9/h7-8,10,13H,5-6H2,1-4H3/q+1. The molecule has 1 atom stereocenters. The highest BCUT2D eigenvalue weighted by atomic mass is 15.6. The third-order valence-corrected chi connectivity index (χ3v) is 3.46. The number of nitrogens with zero attached hydrogens (tertiary/aromatic N) is 4. The number of anilines is 1. The van der Waals surface area contributed by atoms with Gasteiger partial charge in [0.05, 0.1) is 12.7 Å². The number of aromatic nitrogens is 2. The Bertz CT molecular complexity index is 480. The molecular weight excluding hydrogens is 214 g/mol. The van der Waals surface area contributed by atoms with Crippen LogP contribution in [0.1, 0.15) is 32.9 Å². The van der Waals surface area contributed by atoms with E-state index in [0.29, 0.717) is 6.17 Å². The maximum Gasteiger partial charge on any atom is 0.320 e. The molecule has 0 saturated carbocycles. The molecule has 0 aromatic carbocycles. The largest absolute Gasteiger partial charge is 0.320 e. The SMILES string of the molecule is C[N+]1=Cn2cc(C(C)(C)C)nc2N2NCCC21. The second-order valence-electron chi connectivity index (χ2n) is 5.91. The van der Waals surface area contributed by atoms with Gasteiger partial charge in [0.15, 0.2) is 6.17 Å². The maximum absolute atomic E-state index is 4.77. The van der Waals surface area contributed by atoms with Gasteiger partial charge in [0.2, 0.25) is 6.34 Å². The van der Waals surface area contributed by atoms with Crippen LogP contribution in [0.25, 0.3) is 0 Å². The van der Waals surface area contributed by atoms with Gasteiger partial charge in [-0.15, -0.1) is 0 Å². The molecule has 3 heterocycles. The number of fused-ring (bicyclic) bond motifs is 3. The minimum absolute atomic E-state index is 0.0893. The molecule has 92 valence electrons. The predicted octanol–water partition coefficient (Wildman–Crippen LogP) is 0.754. The highest BCUT2D eigenvalue weighted by Crippen LogP contribution is 2.27. The smallest absolute Gasteiger partial charge is 0.248 e. The molecule has 1 N–H and O–H groups in total. The molecule has 1 aromatic rings. The lowest BCUT2D eigenvalue weighted by atomic mass is 9.93. The third-order valence-electron chi connectivity index (χ3n) is 3.46. The van der Waals surface area contributed by atoms with Crippen molar-refractivity contribution in [2.24, 2.45) is 0 Å². The Balaban J connectivity index is 2.09. The lowest BCUT2D eigenvalue weighted by Gasteiger charge is -2.24. The highest BCUT2D eigenvalue weighted by Gasteiger charge is 2.38. The van der Waals surface area contributed by atoms with E-state index >= 15 is 0 Å². The first-order chi connectivity index (χ1) is 7.97. The molecule has 0 spiro atoms. The van der Waals surface area contributed by atoms with Crippen LogP contribution in [0, 0.1) is 0 Å². The fourth-order valence-electron chi connectivity index (χ4n) is 2.42. The van der Waals surface area contributed by atoms with Gasteiger partial charge in [-0.3, -0.25) is 0 Å². The summed E-state index contributed by atoms with van der Waals surface area (Å²) in [5.41, 5.74) is 4.62. The Morgan fingerprint density at radius 3 is 2.94 bits per heavy atom. The average Bonchev–Trinajstić information content (AvgIpc) is 2.78. The fourth-order valence-corrected chi connectivity index (χ4v) is 2.42. The zero-order valence-corrected chi connectivity index (χ0v) is 10.9. The number of hydrogen-bond acceptors (Lipinski definition) is 3. The number of nitrogens with one attached hydrogen (secondary N) is 1. The molecule has 1 aromatic heterocycles. The van der Waals surface area contributed by atoms with Crippen molar-refractivity contribution >= 4 is 12.3 Å².